The summed E-state index contributed by atoms with van der Waals surface area (Å²) in [5.41, 5.74) is 0.709. The third-order valence-corrected chi connectivity index (χ3v) is 2.25. The van der Waals surface area contributed by atoms with Gasteiger partial charge in [-0.05, 0) is 12.1 Å². The topological polar surface area (TPSA) is 3.24 Å². The molecule has 0 aliphatic carbocycles. The zero-order valence-corrected chi connectivity index (χ0v) is 8.08. The van der Waals surface area contributed by atoms with Crippen molar-refractivity contribution < 1.29 is 0 Å². The molecule has 0 N–H and O–H groups in total. The van der Waals surface area contributed by atoms with Crippen molar-refractivity contribution >= 4 is 40.7 Å². The lowest BCUT2D eigenvalue weighted by molar-refractivity contribution is 1.34. The molecule has 0 bridgehead atoms. The van der Waals surface area contributed by atoms with E-state index < -0.39 is 0 Å². The van der Waals surface area contributed by atoms with Crippen LogP contribution in [0.4, 0.5) is 5.69 Å². The van der Waals surface area contributed by atoms with Crippen LogP contribution in [0.1, 0.15) is 0 Å². The lowest BCUT2D eigenvalue weighted by atomic mass is 10.3. The van der Waals surface area contributed by atoms with E-state index in [1.54, 1.807) is 25.2 Å². The molecule has 0 aromatic heterocycles. The van der Waals surface area contributed by atoms with E-state index in [0.29, 0.717) is 15.7 Å². The molecule has 0 amide bonds. The highest BCUT2D eigenvalue weighted by Gasteiger charge is 2.05. The molecule has 1 nitrogen and oxygen atoms in total. The van der Waals surface area contributed by atoms with Gasteiger partial charge in [-0.3, -0.25) is 4.42 Å². The molecular formula is C7H6Cl3N. The zero-order valence-electron chi connectivity index (χ0n) is 5.81. The van der Waals surface area contributed by atoms with Crippen LogP contribution in [0.2, 0.25) is 10.0 Å². The second kappa shape index (κ2) is 3.53. The minimum atomic E-state index is 0.478. The van der Waals surface area contributed by atoms with E-state index in [2.05, 4.69) is 0 Å². The average molecular weight is 210 g/mol. The highest BCUT2D eigenvalue weighted by Crippen LogP contribution is 2.32. The van der Waals surface area contributed by atoms with E-state index >= 15 is 0 Å². The van der Waals surface area contributed by atoms with Gasteiger partial charge in [0.1, 0.15) is 0 Å². The van der Waals surface area contributed by atoms with Crippen molar-refractivity contribution in [3.63, 3.8) is 0 Å². The molecule has 0 spiro atoms. The van der Waals surface area contributed by atoms with Crippen LogP contribution in [0.3, 0.4) is 0 Å². The van der Waals surface area contributed by atoms with Crippen LogP contribution in [-0.4, -0.2) is 7.05 Å². The summed E-state index contributed by atoms with van der Waals surface area (Å²) in [5, 5.41) is 0.989. The predicted octanol–water partition coefficient (Wildman–Crippen LogP) is 3.58. The molecule has 0 saturated carbocycles. The Labute approximate surface area is 80.6 Å². The average Bonchev–Trinajstić information content (AvgIpc) is 1.94. The van der Waals surface area contributed by atoms with Gasteiger partial charge in [0.15, 0.2) is 0 Å². The van der Waals surface area contributed by atoms with Crippen molar-refractivity contribution in [1.29, 1.82) is 0 Å². The van der Waals surface area contributed by atoms with E-state index in [9.17, 15) is 0 Å². The van der Waals surface area contributed by atoms with Crippen LogP contribution in [0.15, 0.2) is 18.2 Å². The highest BCUT2D eigenvalue weighted by atomic mass is 35.5. The molecule has 1 aromatic carbocycles. The first-order valence-electron chi connectivity index (χ1n) is 2.96. The molecule has 0 radical (unpaired) electrons. The van der Waals surface area contributed by atoms with Crippen LogP contribution >= 0.6 is 35.0 Å². The maximum Gasteiger partial charge on any atom is 0.0838 e. The van der Waals surface area contributed by atoms with Crippen LogP contribution in [0.5, 0.6) is 0 Å². The predicted molar refractivity (Wildman–Crippen MR) is 50.7 cm³/mol. The maximum absolute atomic E-state index is 5.83. The third kappa shape index (κ3) is 1.92. The van der Waals surface area contributed by atoms with E-state index in [1.807, 2.05) is 0 Å². The van der Waals surface area contributed by atoms with Crippen molar-refractivity contribution in [2.75, 3.05) is 11.5 Å². The normalized spacial score (nSPS) is 9.82. The van der Waals surface area contributed by atoms with Gasteiger partial charge in [0.2, 0.25) is 0 Å². The first-order valence-corrected chi connectivity index (χ1v) is 4.06. The van der Waals surface area contributed by atoms with Crippen LogP contribution in [0.25, 0.3) is 0 Å². The molecule has 1 rings (SSSR count). The van der Waals surface area contributed by atoms with Crippen LogP contribution < -0.4 is 4.42 Å². The fraction of sp³-hybridized carbons (Fsp3) is 0.143. The highest BCUT2D eigenvalue weighted by molar-refractivity contribution is 6.44. The fourth-order valence-electron chi connectivity index (χ4n) is 0.730. The Hall–Kier alpha value is -0.110. The summed E-state index contributed by atoms with van der Waals surface area (Å²) in [7, 11) is 1.69. The minimum absolute atomic E-state index is 0.478. The summed E-state index contributed by atoms with van der Waals surface area (Å²) in [6.07, 6.45) is 0. The van der Waals surface area contributed by atoms with Gasteiger partial charge in [-0.15, -0.1) is 0 Å². The molecule has 0 heterocycles. The molecule has 0 unspecified atom stereocenters. The molecule has 60 valence electrons. The number of benzene rings is 1. The van der Waals surface area contributed by atoms with Crippen molar-refractivity contribution in [1.82, 2.24) is 0 Å². The molecule has 0 saturated heterocycles. The Bertz CT molecular complexity index is 260. The Morgan fingerprint density at radius 2 is 1.91 bits per heavy atom. The Morgan fingerprint density at radius 1 is 1.27 bits per heavy atom. The van der Waals surface area contributed by atoms with E-state index in [4.69, 9.17) is 35.0 Å². The molecule has 0 aliphatic rings. The zero-order chi connectivity index (χ0) is 8.43. The molecular weight excluding hydrogens is 204 g/mol. The second-order valence-corrected chi connectivity index (χ2v) is 3.34. The van der Waals surface area contributed by atoms with Gasteiger partial charge in [-0.1, -0.05) is 29.3 Å². The Kier molecular flexibility index (Phi) is 2.88. The molecule has 0 aliphatic heterocycles. The van der Waals surface area contributed by atoms with Gasteiger partial charge in [0.05, 0.1) is 15.7 Å². The number of halogens is 3. The first-order chi connectivity index (χ1) is 5.13. The standard InChI is InChI=1S/C7H6Cl3N/c1-11(10)6-4-2-3-5(8)7(6)9/h2-4H,1H3. The van der Waals surface area contributed by atoms with E-state index in [-0.39, 0.29) is 0 Å². The monoisotopic (exact) mass is 209 g/mol. The molecule has 4 heteroatoms. The number of rotatable bonds is 1. The summed E-state index contributed by atoms with van der Waals surface area (Å²) < 4.78 is 1.40. The maximum atomic E-state index is 5.83. The number of nitrogens with zero attached hydrogens (tertiary/aromatic N) is 1. The van der Waals surface area contributed by atoms with Gasteiger partial charge < -0.3 is 0 Å². The Balaban J connectivity index is 3.17. The molecule has 0 fully saturated rings. The number of hydrogen-bond donors (Lipinski definition) is 0. The lowest BCUT2D eigenvalue weighted by Gasteiger charge is -2.10. The van der Waals surface area contributed by atoms with E-state index in [0.717, 1.165) is 0 Å². The third-order valence-electron chi connectivity index (χ3n) is 1.26. The number of hydrogen-bond acceptors (Lipinski definition) is 1. The molecule has 11 heavy (non-hydrogen) atoms. The fourth-order valence-corrected chi connectivity index (χ4v) is 1.34. The van der Waals surface area contributed by atoms with E-state index in [1.165, 1.54) is 4.42 Å². The van der Waals surface area contributed by atoms with Crippen molar-refractivity contribution in [2.45, 2.75) is 0 Å². The van der Waals surface area contributed by atoms with Gasteiger partial charge in [-0.25, -0.2) is 0 Å². The first kappa shape index (κ1) is 8.98. The lowest BCUT2D eigenvalue weighted by Crippen LogP contribution is -2.00. The molecule has 0 atom stereocenters. The van der Waals surface area contributed by atoms with Gasteiger partial charge in [0.25, 0.3) is 0 Å². The van der Waals surface area contributed by atoms with Crippen LogP contribution in [-0.2, 0) is 0 Å². The van der Waals surface area contributed by atoms with Crippen molar-refractivity contribution in [3.05, 3.63) is 28.2 Å². The number of anilines is 1. The summed E-state index contributed by atoms with van der Waals surface area (Å²) in [5.74, 6) is 0. The summed E-state index contributed by atoms with van der Waals surface area (Å²) in [6, 6.07) is 5.30. The minimum Gasteiger partial charge on any atom is -0.287 e. The largest absolute Gasteiger partial charge is 0.287 e. The van der Waals surface area contributed by atoms with Gasteiger partial charge in [0, 0.05) is 18.8 Å². The molecule has 1 aromatic rings. The van der Waals surface area contributed by atoms with Gasteiger partial charge in [-0.2, -0.15) is 0 Å². The smallest absolute Gasteiger partial charge is 0.0838 e. The summed E-state index contributed by atoms with van der Waals surface area (Å²) >= 11 is 17.2. The quantitative estimate of drug-likeness (QED) is 0.641. The summed E-state index contributed by atoms with van der Waals surface area (Å²) in [6.45, 7) is 0. The SMILES string of the molecule is CN(Cl)c1cccc(Cl)c1Cl. The van der Waals surface area contributed by atoms with Crippen molar-refractivity contribution in [2.24, 2.45) is 0 Å². The van der Waals surface area contributed by atoms with Crippen molar-refractivity contribution in [3.8, 4) is 0 Å². The summed E-state index contributed by atoms with van der Waals surface area (Å²) in [4.78, 5) is 0. The van der Waals surface area contributed by atoms with Gasteiger partial charge >= 0.3 is 0 Å². The second-order valence-electron chi connectivity index (χ2n) is 2.05. The Morgan fingerprint density at radius 3 is 2.36 bits per heavy atom. The van der Waals surface area contributed by atoms with Crippen LogP contribution in [0, 0.1) is 0 Å².